The molecule has 2 aromatic carbocycles. The number of rotatable bonds is 5. The Hall–Kier alpha value is -3.23. The summed E-state index contributed by atoms with van der Waals surface area (Å²) in [6.45, 7) is 6.64. The lowest BCUT2D eigenvalue weighted by Crippen LogP contribution is -2.16. The Balaban J connectivity index is 0.000000363. The highest BCUT2D eigenvalue weighted by Crippen LogP contribution is 2.34. The number of aromatic nitrogens is 2. The summed E-state index contributed by atoms with van der Waals surface area (Å²) in [6.07, 6.45) is 2.73. The summed E-state index contributed by atoms with van der Waals surface area (Å²) < 4.78 is 45.1. The number of hydrogen-bond acceptors (Lipinski definition) is 5. The van der Waals surface area contributed by atoms with Gasteiger partial charge in [0, 0.05) is 5.69 Å². The molecule has 0 aliphatic heterocycles. The number of carbonyl (C=O) groups excluding carboxylic acids is 1. The minimum absolute atomic E-state index is 0.147. The molecule has 1 aliphatic rings. The van der Waals surface area contributed by atoms with Crippen LogP contribution in [-0.4, -0.2) is 29.4 Å². The molecule has 0 spiro atoms. The molecule has 0 amide bonds. The molecule has 6 nitrogen and oxygen atoms in total. The first-order valence-corrected chi connectivity index (χ1v) is 11.6. The summed E-state index contributed by atoms with van der Waals surface area (Å²) in [6, 6.07) is 8.97. The van der Waals surface area contributed by atoms with Gasteiger partial charge in [-0.25, -0.2) is 4.98 Å². The van der Waals surface area contributed by atoms with Crippen molar-refractivity contribution < 1.29 is 27.4 Å². The predicted octanol–water partition coefficient (Wildman–Crippen LogP) is 7.21. The maximum Gasteiger partial charge on any atom is 0.573 e. The van der Waals surface area contributed by atoms with Crippen molar-refractivity contribution in [2.24, 2.45) is 5.41 Å². The van der Waals surface area contributed by atoms with Crippen LogP contribution in [0.1, 0.15) is 57.1 Å². The molecule has 3 aromatic rings. The molecule has 0 saturated heterocycles. The van der Waals surface area contributed by atoms with E-state index in [0.29, 0.717) is 22.6 Å². The fourth-order valence-corrected chi connectivity index (χ4v) is 4.07. The second-order valence-electron chi connectivity index (χ2n) is 9.56. The van der Waals surface area contributed by atoms with Crippen LogP contribution < -0.4 is 10.1 Å². The van der Waals surface area contributed by atoms with Crippen LogP contribution in [-0.2, 0) is 16.0 Å². The summed E-state index contributed by atoms with van der Waals surface area (Å²) in [5, 5.41) is 2.98. The number of imidazole rings is 1. The Labute approximate surface area is 203 Å². The minimum atomic E-state index is -4.73. The number of hydrogen-bond donors (Lipinski definition) is 2. The molecule has 9 heteroatoms. The third-order valence-corrected chi connectivity index (χ3v) is 6.06. The molecule has 1 heterocycles. The summed E-state index contributed by atoms with van der Waals surface area (Å²) in [5.41, 5.74) is 4.35. The Kier molecular flexibility index (Phi) is 8.30. The highest BCUT2D eigenvalue weighted by Gasteiger charge is 2.31. The maximum atomic E-state index is 12.2. The van der Waals surface area contributed by atoms with E-state index in [1.807, 2.05) is 13.0 Å². The van der Waals surface area contributed by atoms with Crippen molar-refractivity contribution in [2.75, 3.05) is 12.4 Å². The summed E-state index contributed by atoms with van der Waals surface area (Å²) in [5.74, 6) is -0.225. The van der Waals surface area contributed by atoms with Crippen LogP contribution in [0.3, 0.4) is 0 Å². The van der Waals surface area contributed by atoms with E-state index in [1.165, 1.54) is 63.5 Å². The first-order valence-electron chi connectivity index (χ1n) is 11.6. The lowest BCUT2D eigenvalue weighted by Gasteiger charge is -2.28. The van der Waals surface area contributed by atoms with Crippen molar-refractivity contribution in [1.82, 2.24) is 9.97 Å². The van der Waals surface area contributed by atoms with Gasteiger partial charge in [-0.05, 0) is 72.7 Å². The zero-order chi connectivity index (χ0) is 25.6. The van der Waals surface area contributed by atoms with Gasteiger partial charge in [-0.1, -0.05) is 33.1 Å². The molecular weight excluding hydrogens is 459 g/mol. The second kappa shape index (κ2) is 11.0. The summed E-state index contributed by atoms with van der Waals surface area (Å²) >= 11 is 0. The molecule has 0 unspecified atom stereocenters. The van der Waals surface area contributed by atoms with Crippen LogP contribution in [0, 0.1) is 12.3 Å². The highest BCUT2D eigenvalue weighted by atomic mass is 19.4. The summed E-state index contributed by atoms with van der Waals surface area (Å²) in [4.78, 5) is 19.0. The van der Waals surface area contributed by atoms with Gasteiger partial charge in [0.05, 0.1) is 24.6 Å². The monoisotopic (exact) mass is 491 g/mol. The van der Waals surface area contributed by atoms with Crippen molar-refractivity contribution in [2.45, 2.75) is 65.7 Å². The van der Waals surface area contributed by atoms with Gasteiger partial charge in [-0.15, -0.1) is 13.2 Å². The van der Waals surface area contributed by atoms with Crippen LogP contribution in [0.2, 0.25) is 0 Å². The number of H-pyrrole nitrogens is 1. The molecule has 1 fully saturated rings. The Morgan fingerprint density at radius 1 is 1.11 bits per heavy atom. The Morgan fingerprint density at radius 3 is 2.31 bits per heavy atom. The van der Waals surface area contributed by atoms with Crippen molar-refractivity contribution in [1.29, 1.82) is 0 Å². The number of ether oxygens (including phenoxy) is 2. The molecule has 4 rings (SSSR count). The van der Waals surface area contributed by atoms with Crippen molar-refractivity contribution in [3.8, 4) is 5.75 Å². The number of esters is 1. The average Bonchev–Trinajstić information content (AvgIpc) is 3.15. The zero-order valence-corrected chi connectivity index (χ0v) is 20.5. The van der Waals surface area contributed by atoms with E-state index in [-0.39, 0.29) is 18.1 Å². The first-order chi connectivity index (χ1) is 16.4. The molecule has 2 N–H and O–H groups in total. The highest BCUT2D eigenvalue weighted by molar-refractivity contribution is 5.82. The number of nitrogens with one attached hydrogen (secondary N) is 2. The van der Waals surface area contributed by atoms with Crippen LogP contribution in [0.15, 0.2) is 36.4 Å². The Bertz CT molecular complexity index is 1130. The molecule has 35 heavy (non-hydrogen) atoms. The minimum Gasteiger partial charge on any atom is -0.469 e. The lowest BCUT2D eigenvalue weighted by molar-refractivity contribution is -0.274. The largest absolute Gasteiger partial charge is 0.573 e. The van der Waals surface area contributed by atoms with Gasteiger partial charge in [-0.3, -0.25) is 4.79 Å². The molecule has 0 radical (unpaired) electrons. The van der Waals surface area contributed by atoms with Crippen LogP contribution in [0.5, 0.6) is 5.75 Å². The van der Waals surface area contributed by atoms with Gasteiger partial charge in [0.1, 0.15) is 5.75 Å². The average molecular weight is 492 g/mol. The van der Waals surface area contributed by atoms with E-state index in [2.05, 4.69) is 38.6 Å². The quantitative estimate of drug-likeness (QED) is 0.369. The number of anilines is 2. The number of aromatic amines is 1. The standard InChI is InChI=1S/C18H16F3N3O3.C8H16/c1-10-7-14-15(8-11(10)9-16(25)26-2)24-17(23-14)22-12-3-5-13(6-4-12)27-18(19,20)21;1-8(2)6-4-3-5-7-8/h3-8H,9H2,1-2H3,(H2,22,23,24);3-7H2,1-2H3. The van der Waals surface area contributed by atoms with Gasteiger partial charge in [-0.2, -0.15) is 0 Å². The molecular formula is C26H32F3N3O3. The van der Waals surface area contributed by atoms with Gasteiger partial charge in [0.15, 0.2) is 0 Å². The molecule has 1 aliphatic carbocycles. The predicted molar refractivity (Wildman–Crippen MR) is 130 cm³/mol. The second-order valence-corrected chi connectivity index (χ2v) is 9.56. The van der Waals surface area contributed by atoms with Crippen LogP contribution >= 0.6 is 0 Å². The zero-order valence-electron chi connectivity index (χ0n) is 20.5. The van der Waals surface area contributed by atoms with Gasteiger partial charge < -0.3 is 19.8 Å². The van der Waals surface area contributed by atoms with E-state index in [4.69, 9.17) is 0 Å². The van der Waals surface area contributed by atoms with E-state index in [0.717, 1.165) is 16.6 Å². The number of methoxy groups -OCH3 is 1. The first kappa shape index (κ1) is 26.4. The fourth-order valence-electron chi connectivity index (χ4n) is 4.07. The number of fused-ring (bicyclic) bond motifs is 1. The van der Waals surface area contributed by atoms with Crippen LogP contribution in [0.25, 0.3) is 11.0 Å². The van der Waals surface area contributed by atoms with Crippen molar-refractivity contribution >= 4 is 28.6 Å². The maximum absolute atomic E-state index is 12.2. The van der Waals surface area contributed by atoms with Gasteiger partial charge >= 0.3 is 12.3 Å². The number of benzene rings is 2. The molecule has 1 aromatic heterocycles. The molecule has 190 valence electrons. The van der Waals surface area contributed by atoms with Crippen molar-refractivity contribution in [3.05, 3.63) is 47.5 Å². The van der Waals surface area contributed by atoms with E-state index >= 15 is 0 Å². The topological polar surface area (TPSA) is 76.2 Å². The Morgan fingerprint density at radius 2 is 1.77 bits per heavy atom. The fraction of sp³-hybridized carbons (Fsp3) is 0.462. The third-order valence-electron chi connectivity index (χ3n) is 6.06. The number of carbonyl (C=O) groups is 1. The van der Waals surface area contributed by atoms with Crippen molar-refractivity contribution in [3.63, 3.8) is 0 Å². The number of nitrogens with zero attached hydrogens (tertiary/aromatic N) is 1. The smallest absolute Gasteiger partial charge is 0.469 e. The van der Waals surface area contributed by atoms with E-state index in [1.54, 1.807) is 6.07 Å². The number of alkyl halides is 3. The summed E-state index contributed by atoms with van der Waals surface area (Å²) in [7, 11) is 1.33. The van der Waals surface area contributed by atoms with Crippen LogP contribution in [0.4, 0.5) is 24.8 Å². The van der Waals surface area contributed by atoms with Gasteiger partial charge in [0.25, 0.3) is 0 Å². The van der Waals surface area contributed by atoms with E-state index in [9.17, 15) is 18.0 Å². The normalized spacial score (nSPS) is 15.2. The van der Waals surface area contributed by atoms with Gasteiger partial charge in [0.2, 0.25) is 5.95 Å². The van der Waals surface area contributed by atoms with E-state index < -0.39 is 6.36 Å². The number of aryl methyl sites for hydroxylation is 1. The molecule has 0 bridgehead atoms. The lowest BCUT2D eigenvalue weighted by atomic mass is 9.78. The SMILES string of the molecule is CC1(C)CCCCC1.COC(=O)Cc1cc2nc(Nc3ccc(OC(F)(F)F)cc3)[nH]c2cc1C. The molecule has 1 saturated carbocycles. The molecule has 0 atom stereocenters. The number of halogens is 3. The third kappa shape index (κ3) is 8.19.